The molecule has 1 amide bonds. The van der Waals surface area contributed by atoms with E-state index in [1.165, 1.54) is 0 Å². The lowest BCUT2D eigenvalue weighted by molar-refractivity contribution is 0.0963. The zero-order chi connectivity index (χ0) is 13.0. The van der Waals surface area contributed by atoms with Crippen LogP contribution in [0.25, 0.3) is 0 Å². The summed E-state index contributed by atoms with van der Waals surface area (Å²) in [5, 5.41) is 0. The summed E-state index contributed by atoms with van der Waals surface area (Å²) in [7, 11) is 0. The highest BCUT2D eigenvalue weighted by Gasteiger charge is 2.09. The van der Waals surface area contributed by atoms with Gasteiger partial charge in [0, 0.05) is 5.69 Å². The van der Waals surface area contributed by atoms with E-state index in [1.807, 2.05) is 43.3 Å². The minimum absolute atomic E-state index is 0.250. The second kappa shape index (κ2) is 5.23. The molecule has 0 spiro atoms. The van der Waals surface area contributed by atoms with Gasteiger partial charge in [-0.1, -0.05) is 29.8 Å². The molecule has 92 valence electrons. The molecule has 0 atom stereocenters. The number of anilines is 2. The number of benzene rings is 2. The van der Waals surface area contributed by atoms with Crippen LogP contribution in [0.15, 0.2) is 48.5 Å². The molecule has 0 fully saturated rings. The smallest absolute Gasteiger partial charge is 0.271 e. The number of nitrogens with one attached hydrogen (secondary N) is 2. The molecular weight excluding hydrogens is 226 g/mol. The Hall–Kier alpha value is -2.49. The average Bonchev–Trinajstić information content (AvgIpc) is 2.40. The van der Waals surface area contributed by atoms with E-state index in [4.69, 9.17) is 5.73 Å². The van der Waals surface area contributed by atoms with Gasteiger partial charge in [-0.3, -0.25) is 15.6 Å². The number of rotatable bonds is 3. The fourth-order valence-electron chi connectivity index (χ4n) is 1.58. The lowest BCUT2D eigenvalue weighted by atomic mass is 10.1. The third-order valence-corrected chi connectivity index (χ3v) is 2.55. The van der Waals surface area contributed by atoms with Crippen LogP contribution in [-0.4, -0.2) is 5.91 Å². The third kappa shape index (κ3) is 2.79. The minimum atomic E-state index is -0.250. The van der Waals surface area contributed by atoms with Crippen molar-refractivity contribution < 1.29 is 4.79 Å². The van der Waals surface area contributed by atoms with E-state index in [-0.39, 0.29) is 5.91 Å². The first-order chi connectivity index (χ1) is 8.66. The van der Waals surface area contributed by atoms with Gasteiger partial charge in [0.05, 0.1) is 11.3 Å². The quantitative estimate of drug-likeness (QED) is 0.570. The Kier molecular flexibility index (Phi) is 3.48. The monoisotopic (exact) mass is 241 g/mol. The number of amides is 1. The molecule has 0 aromatic heterocycles. The van der Waals surface area contributed by atoms with Crippen LogP contribution in [0.5, 0.6) is 0 Å². The van der Waals surface area contributed by atoms with Crippen LogP contribution in [0.1, 0.15) is 15.9 Å². The molecule has 0 aliphatic carbocycles. The van der Waals surface area contributed by atoms with Crippen LogP contribution in [0, 0.1) is 6.92 Å². The summed E-state index contributed by atoms with van der Waals surface area (Å²) in [5.41, 5.74) is 14.0. The highest BCUT2D eigenvalue weighted by atomic mass is 16.2. The summed E-state index contributed by atoms with van der Waals surface area (Å²) in [6.45, 7) is 1.92. The van der Waals surface area contributed by atoms with E-state index in [0.29, 0.717) is 11.3 Å². The van der Waals surface area contributed by atoms with Gasteiger partial charge >= 0.3 is 0 Å². The van der Waals surface area contributed by atoms with Crippen LogP contribution in [0.4, 0.5) is 11.4 Å². The number of hydrazine groups is 1. The molecular formula is C14H15N3O. The average molecular weight is 241 g/mol. The number of carbonyl (C=O) groups is 1. The van der Waals surface area contributed by atoms with Crippen molar-refractivity contribution in [3.8, 4) is 0 Å². The van der Waals surface area contributed by atoms with Gasteiger partial charge in [-0.15, -0.1) is 0 Å². The summed E-state index contributed by atoms with van der Waals surface area (Å²) in [6.07, 6.45) is 0. The number of carbonyl (C=O) groups excluding carboxylic acids is 1. The van der Waals surface area contributed by atoms with Crippen LogP contribution >= 0.6 is 0 Å². The zero-order valence-electron chi connectivity index (χ0n) is 10.1. The van der Waals surface area contributed by atoms with E-state index >= 15 is 0 Å². The predicted molar refractivity (Wildman–Crippen MR) is 73.1 cm³/mol. The Balaban J connectivity index is 2.06. The van der Waals surface area contributed by atoms with E-state index in [9.17, 15) is 4.79 Å². The van der Waals surface area contributed by atoms with Gasteiger partial charge in [-0.25, -0.2) is 0 Å². The molecule has 0 heterocycles. The lowest BCUT2D eigenvalue weighted by Crippen LogP contribution is -2.30. The Bertz CT molecular complexity index is 552. The van der Waals surface area contributed by atoms with Crippen molar-refractivity contribution in [3.63, 3.8) is 0 Å². The predicted octanol–water partition coefficient (Wildman–Crippen LogP) is 2.33. The zero-order valence-corrected chi connectivity index (χ0v) is 10.1. The van der Waals surface area contributed by atoms with Crippen LogP contribution in [0.2, 0.25) is 0 Å². The first-order valence-electron chi connectivity index (χ1n) is 5.64. The highest BCUT2D eigenvalue weighted by Crippen LogP contribution is 2.13. The largest absolute Gasteiger partial charge is 0.398 e. The minimum Gasteiger partial charge on any atom is -0.398 e. The Morgan fingerprint density at radius 3 is 2.56 bits per heavy atom. The number of hydrogen-bond donors (Lipinski definition) is 3. The van der Waals surface area contributed by atoms with Gasteiger partial charge in [0.25, 0.3) is 5.91 Å². The molecule has 0 radical (unpaired) electrons. The summed E-state index contributed by atoms with van der Waals surface area (Å²) in [4.78, 5) is 11.9. The Labute approximate surface area is 106 Å². The maximum Gasteiger partial charge on any atom is 0.271 e. The number of hydrogen-bond acceptors (Lipinski definition) is 3. The summed E-state index contributed by atoms with van der Waals surface area (Å²) in [5.74, 6) is -0.250. The fraction of sp³-hybridized carbons (Fsp3) is 0.0714. The molecule has 2 aromatic carbocycles. The molecule has 0 unspecified atom stereocenters. The third-order valence-electron chi connectivity index (χ3n) is 2.55. The number of para-hydroxylation sites is 1. The normalized spacial score (nSPS) is 9.83. The molecule has 2 rings (SSSR count). The van der Waals surface area contributed by atoms with E-state index < -0.39 is 0 Å². The first kappa shape index (κ1) is 12.0. The second-order valence-corrected chi connectivity index (χ2v) is 4.04. The molecule has 4 N–H and O–H groups in total. The topological polar surface area (TPSA) is 67.2 Å². The molecule has 2 aromatic rings. The summed E-state index contributed by atoms with van der Waals surface area (Å²) >= 11 is 0. The van der Waals surface area contributed by atoms with Crippen LogP contribution in [0.3, 0.4) is 0 Å². The van der Waals surface area contributed by atoms with Crippen molar-refractivity contribution in [3.05, 3.63) is 59.7 Å². The molecule has 0 saturated heterocycles. The highest BCUT2D eigenvalue weighted by molar-refractivity contribution is 5.99. The van der Waals surface area contributed by atoms with Crippen molar-refractivity contribution >= 4 is 17.3 Å². The van der Waals surface area contributed by atoms with Crippen molar-refractivity contribution in [2.45, 2.75) is 6.92 Å². The van der Waals surface area contributed by atoms with E-state index in [1.54, 1.807) is 12.1 Å². The van der Waals surface area contributed by atoms with E-state index in [0.717, 1.165) is 11.3 Å². The number of nitrogens with two attached hydrogens (primary N) is 1. The second-order valence-electron chi connectivity index (χ2n) is 4.04. The van der Waals surface area contributed by atoms with Gasteiger partial charge in [0.2, 0.25) is 0 Å². The molecule has 0 bridgehead atoms. The van der Waals surface area contributed by atoms with Crippen molar-refractivity contribution in [1.82, 2.24) is 5.43 Å². The van der Waals surface area contributed by atoms with Crippen LogP contribution in [-0.2, 0) is 0 Å². The maximum atomic E-state index is 11.9. The summed E-state index contributed by atoms with van der Waals surface area (Å²) < 4.78 is 0. The summed E-state index contributed by atoms with van der Waals surface area (Å²) in [6, 6.07) is 14.8. The van der Waals surface area contributed by atoms with Gasteiger partial charge in [0.1, 0.15) is 0 Å². The Morgan fingerprint density at radius 2 is 1.83 bits per heavy atom. The molecule has 4 heteroatoms. The molecule has 4 nitrogen and oxygen atoms in total. The number of aryl methyl sites for hydroxylation is 1. The fourth-order valence-corrected chi connectivity index (χ4v) is 1.58. The lowest BCUT2D eigenvalue weighted by Gasteiger charge is -2.10. The Morgan fingerprint density at radius 1 is 1.11 bits per heavy atom. The van der Waals surface area contributed by atoms with Gasteiger partial charge in [0.15, 0.2) is 0 Å². The molecule has 0 aliphatic heterocycles. The van der Waals surface area contributed by atoms with Gasteiger partial charge in [-0.2, -0.15) is 0 Å². The number of nitrogen functional groups attached to an aromatic ring is 1. The first-order valence-corrected chi connectivity index (χ1v) is 5.64. The standard InChI is InChI=1S/C14H15N3O/c1-10-7-8-13(15)12(9-10)14(18)17-16-11-5-3-2-4-6-11/h2-9,16H,15H2,1H3,(H,17,18). The SMILES string of the molecule is Cc1ccc(N)c(C(=O)NNc2ccccc2)c1. The van der Waals surface area contributed by atoms with Crippen molar-refractivity contribution in [1.29, 1.82) is 0 Å². The van der Waals surface area contributed by atoms with E-state index in [2.05, 4.69) is 10.9 Å². The van der Waals surface area contributed by atoms with Crippen LogP contribution < -0.4 is 16.6 Å². The maximum absolute atomic E-state index is 11.9. The van der Waals surface area contributed by atoms with Crippen molar-refractivity contribution in [2.75, 3.05) is 11.2 Å². The van der Waals surface area contributed by atoms with Gasteiger partial charge < -0.3 is 5.73 Å². The van der Waals surface area contributed by atoms with Gasteiger partial charge in [-0.05, 0) is 31.2 Å². The molecule has 0 saturated carbocycles. The molecule has 0 aliphatic rings. The van der Waals surface area contributed by atoms with Crippen molar-refractivity contribution in [2.24, 2.45) is 0 Å². The molecule has 18 heavy (non-hydrogen) atoms.